The molecule has 0 radical (unpaired) electrons. The lowest BCUT2D eigenvalue weighted by Crippen LogP contribution is -2.61. The highest BCUT2D eigenvalue weighted by atomic mass is 32.2. The van der Waals surface area contributed by atoms with Crippen LogP contribution in [0.3, 0.4) is 0 Å². The van der Waals surface area contributed by atoms with Gasteiger partial charge >= 0.3 is 0 Å². The molecule has 1 heterocycles. The molecule has 0 atom stereocenters. The number of hydrogen-bond donors (Lipinski definition) is 1. The van der Waals surface area contributed by atoms with E-state index in [2.05, 4.69) is 5.32 Å². The largest absolute Gasteiger partial charge is 0.314 e. The lowest BCUT2D eigenvalue weighted by Gasteiger charge is -2.44. The maximum atomic E-state index is 12.3. The van der Waals surface area contributed by atoms with Crippen molar-refractivity contribution >= 4 is 10.0 Å². The van der Waals surface area contributed by atoms with Crippen LogP contribution in [-0.4, -0.2) is 43.1 Å². The quantitative estimate of drug-likeness (QED) is 0.756. The molecule has 0 aromatic rings. The minimum atomic E-state index is -3.04. The zero-order valence-corrected chi connectivity index (χ0v) is 10.3. The summed E-state index contributed by atoms with van der Waals surface area (Å²) in [7, 11) is -3.04. The van der Waals surface area contributed by atoms with Gasteiger partial charge in [0.25, 0.3) is 0 Å². The van der Waals surface area contributed by atoms with E-state index in [1.165, 1.54) is 0 Å². The molecule has 88 valence electrons. The third-order valence-corrected chi connectivity index (χ3v) is 6.11. The number of rotatable bonds is 2. The van der Waals surface area contributed by atoms with Crippen LogP contribution in [0.2, 0.25) is 0 Å². The van der Waals surface area contributed by atoms with E-state index in [1.54, 1.807) is 4.31 Å². The fourth-order valence-corrected chi connectivity index (χ4v) is 4.67. The standard InChI is InChI=1S/C10H20N2O2S/c1-10(2)8-11-6-7-12(10)15(13,14)9-4-3-5-9/h9,11H,3-8H2,1-2H3. The number of nitrogens with one attached hydrogen (secondary N) is 1. The topological polar surface area (TPSA) is 49.4 Å². The molecule has 2 fully saturated rings. The number of piperazine rings is 1. The first-order valence-corrected chi connectivity index (χ1v) is 7.17. The maximum Gasteiger partial charge on any atom is 0.217 e. The van der Waals surface area contributed by atoms with Crippen molar-refractivity contribution in [3.63, 3.8) is 0 Å². The van der Waals surface area contributed by atoms with Gasteiger partial charge in [-0.2, -0.15) is 4.31 Å². The second-order valence-corrected chi connectivity index (χ2v) is 7.30. The zero-order valence-electron chi connectivity index (χ0n) is 9.49. The highest BCUT2D eigenvalue weighted by Gasteiger charge is 2.43. The lowest BCUT2D eigenvalue weighted by atomic mass is 10.00. The first-order chi connectivity index (χ1) is 6.94. The molecule has 0 aromatic carbocycles. The first kappa shape index (κ1) is 11.4. The molecule has 1 saturated carbocycles. The van der Waals surface area contributed by atoms with Gasteiger partial charge < -0.3 is 5.32 Å². The third kappa shape index (κ3) is 1.92. The molecule has 15 heavy (non-hydrogen) atoms. The van der Waals surface area contributed by atoms with E-state index in [9.17, 15) is 8.42 Å². The molecular formula is C10H20N2O2S. The van der Waals surface area contributed by atoms with Gasteiger partial charge in [0.15, 0.2) is 0 Å². The molecule has 5 heteroatoms. The average molecular weight is 232 g/mol. The van der Waals surface area contributed by atoms with Gasteiger partial charge in [-0.3, -0.25) is 0 Å². The van der Waals surface area contributed by atoms with Gasteiger partial charge in [0.05, 0.1) is 5.25 Å². The SMILES string of the molecule is CC1(C)CNCCN1S(=O)(=O)C1CCC1. The van der Waals surface area contributed by atoms with Crippen LogP contribution in [0.1, 0.15) is 33.1 Å². The van der Waals surface area contributed by atoms with E-state index in [0.29, 0.717) is 6.54 Å². The Morgan fingerprint density at radius 3 is 2.47 bits per heavy atom. The van der Waals surface area contributed by atoms with Crippen molar-refractivity contribution in [2.75, 3.05) is 19.6 Å². The Hall–Kier alpha value is -0.130. The second kappa shape index (κ2) is 3.71. The maximum absolute atomic E-state index is 12.3. The second-order valence-electron chi connectivity index (χ2n) is 5.16. The number of hydrogen-bond acceptors (Lipinski definition) is 3. The summed E-state index contributed by atoms with van der Waals surface area (Å²) in [6.45, 7) is 6.13. The van der Waals surface area contributed by atoms with Crippen LogP contribution >= 0.6 is 0 Å². The van der Waals surface area contributed by atoms with Crippen LogP contribution in [0, 0.1) is 0 Å². The molecule has 1 aliphatic heterocycles. The molecule has 0 unspecified atom stereocenters. The van der Waals surface area contributed by atoms with Crippen LogP contribution in [0.15, 0.2) is 0 Å². The third-order valence-electron chi connectivity index (χ3n) is 3.51. The van der Waals surface area contributed by atoms with Crippen LogP contribution in [0.4, 0.5) is 0 Å². The summed E-state index contributed by atoms with van der Waals surface area (Å²) in [5.41, 5.74) is -0.271. The predicted molar refractivity (Wildman–Crippen MR) is 60.2 cm³/mol. The van der Waals surface area contributed by atoms with Crippen LogP contribution in [0.25, 0.3) is 0 Å². The monoisotopic (exact) mass is 232 g/mol. The Bertz CT molecular complexity index is 333. The Morgan fingerprint density at radius 2 is 2.00 bits per heavy atom. The zero-order chi connectivity index (χ0) is 11.1. The molecule has 1 N–H and O–H groups in total. The van der Waals surface area contributed by atoms with Crippen molar-refractivity contribution in [1.29, 1.82) is 0 Å². The van der Waals surface area contributed by atoms with Crippen molar-refractivity contribution in [1.82, 2.24) is 9.62 Å². The van der Waals surface area contributed by atoms with Crippen molar-refractivity contribution < 1.29 is 8.42 Å². The fraction of sp³-hybridized carbons (Fsp3) is 1.00. The molecule has 0 aromatic heterocycles. The van der Waals surface area contributed by atoms with Crippen LogP contribution in [0.5, 0.6) is 0 Å². The number of sulfonamides is 1. The van der Waals surface area contributed by atoms with E-state index in [0.717, 1.165) is 32.4 Å². The van der Waals surface area contributed by atoms with Gasteiger partial charge in [-0.05, 0) is 26.7 Å². The first-order valence-electron chi connectivity index (χ1n) is 5.67. The number of nitrogens with zero attached hydrogens (tertiary/aromatic N) is 1. The Morgan fingerprint density at radius 1 is 1.33 bits per heavy atom. The summed E-state index contributed by atoms with van der Waals surface area (Å²) >= 11 is 0. The minimum absolute atomic E-state index is 0.102. The fourth-order valence-electron chi connectivity index (χ4n) is 2.29. The summed E-state index contributed by atoms with van der Waals surface area (Å²) in [4.78, 5) is 0. The van der Waals surface area contributed by atoms with Gasteiger partial charge in [-0.1, -0.05) is 6.42 Å². The summed E-state index contributed by atoms with van der Waals surface area (Å²) in [5.74, 6) is 0. The van der Waals surface area contributed by atoms with E-state index in [-0.39, 0.29) is 10.8 Å². The lowest BCUT2D eigenvalue weighted by molar-refractivity contribution is 0.181. The van der Waals surface area contributed by atoms with Crippen molar-refractivity contribution in [2.24, 2.45) is 0 Å². The van der Waals surface area contributed by atoms with Gasteiger partial charge in [0.2, 0.25) is 10.0 Å². The molecule has 2 rings (SSSR count). The minimum Gasteiger partial charge on any atom is -0.314 e. The molecule has 0 amide bonds. The van der Waals surface area contributed by atoms with E-state index in [4.69, 9.17) is 0 Å². The Kier molecular flexibility index (Phi) is 2.81. The van der Waals surface area contributed by atoms with E-state index in [1.807, 2.05) is 13.8 Å². The average Bonchev–Trinajstić information content (AvgIpc) is 1.97. The molecule has 1 aliphatic carbocycles. The summed E-state index contributed by atoms with van der Waals surface area (Å²) in [6, 6.07) is 0. The normalized spacial score (nSPS) is 28.7. The van der Waals surface area contributed by atoms with E-state index < -0.39 is 10.0 Å². The smallest absolute Gasteiger partial charge is 0.217 e. The molecule has 4 nitrogen and oxygen atoms in total. The molecule has 0 bridgehead atoms. The Labute approximate surface area is 92.1 Å². The summed E-state index contributed by atoms with van der Waals surface area (Å²) < 4.78 is 26.3. The van der Waals surface area contributed by atoms with Gasteiger partial charge in [-0.25, -0.2) is 8.42 Å². The molecular weight excluding hydrogens is 212 g/mol. The molecule has 2 aliphatic rings. The predicted octanol–water partition coefficient (Wildman–Crippen LogP) is 0.552. The molecule has 1 saturated heterocycles. The Balaban J connectivity index is 2.20. The van der Waals surface area contributed by atoms with Crippen molar-refractivity contribution in [3.05, 3.63) is 0 Å². The molecule has 0 spiro atoms. The van der Waals surface area contributed by atoms with Crippen LogP contribution in [-0.2, 0) is 10.0 Å². The highest BCUT2D eigenvalue weighted by Crippen LogP contribution is 2.32. The highest BCUT2D eigenvalue weighted by molar-refractivity contribution is 7.89. The van der Waals surface area contributed by atoms with E-state index >= 15 is 0 Å². The van der Waals surface area contributed by atoms with Crippen LogP contribution < -0.4 is 5.32 Å². The van der Waals surface area contributed by atoms with Crippen molar-refractivity contribution in [3.8, 4) is 0 Å². The van der Waals surface area contributed by atoms with Gasteiger partial charge in [-0.15, -0.1) is 0 Å². The van der Waals surface area contributed by atoms with Gasteiger partial charge in [0, 0.05) is 25.2 Å². The van der Waals surface area contributed by atoms with Gasteiger partial charge in [0.1, 0.15) is 0 Å². The van der Waals surface area contributed by atoms with Crippen molar-refractivity contribution in [2.45, 2.75) is 43.9 Å². The summed E-state index contributed by atoms with van der Waals surface area (Å²) in [6.07, 6.45) is 2.76. The summed E-state index contributed by atoms with van der Waals surface area (Å²) in [5, 5.41) is 3.14.